The van der Waals surface area contributed by atoms with Gasteiger partial charge in [0.2, 0.25) is 0 Å². The molecule has 1 rings (SSSR count). The molecule has 0 bridgehead atoms. The summed E-state index contributed by atoms with van der Waals surface area (Å²) in [5.74, 6) is 2.50. The quantitative estimate of drug-likeness (QED) is 0.353. The third-order valence-corrected chi connectivity index (χ3v) is 6.08. The van der Waals surface area contributed by atoms with Gasteiger partial charge >= 0.3 is 0 Å². The lowest BCUT2D eigenvalue weighted by Gasteiger charge is -2.36. The fraction of sp³-hybridized carbons (Fsp3) is 1.00. The zero-order valence-corrected chi connectivity index (χ0v) is 17.2. The van der Waals surface area contributed by atoms with Gasteiger partial charge < -0.3 is 9.84 Å². The summed E-state index contributed by atoms with van der Waals surface area (Å²) in [6, 6.07) is 0. The smallest absolute Gasteiger partial charge is 0.154 e. The SMILES string of the molecule is CCN(CCCCCC[C@@H](O)OC)[C@@]1(C(C)C)C[C@@H]1CCC(C)C. The summed E-state index contributed by atoms with van der Waals surface area (Å²) in [4.78, 5) is 2.78. The number of aliphatic hydroxyl groups is 1. The Balaban J connectivity index is 2.35. The Morgan fingerprint density at radius 3 is 2.29 bits per heavy atom. The molecule has 3 nitrogen and oxygen atoms in total. The van der Waals surface area contributed by atoms with Crippen LogP contribution in [0.25, 0.3) is 0 Å². The van der Waals surface area contributed by atoms with Gasteiger partial charge in [0, 0.05) is 12.6 Å². The monoisotopic (exact) mass is 341 g/mol. The standard InChI is InChI=1S/C21H43NO2/c1-7-22(15-11-9-8-10-12-20(23)24-6)21(18(4)5)16-19(21)14-13-17(2)3/h17-20,23H,7-16H2,1-6H3/t19-,20-,21+/m0/s1. The molecule has 0 radical (unpaired) electrons. The highest BCUT2D eigenvalue weighted by Gasteiger charge is 2.58. The van der Waals surface area contributed by atoms with E-state index in [0.717, 1.165) is 30.6 Å². The minimum absolute atomic E-state index is 0.482. The van der Waals surface area contributed by atoms with Gasteiger partial charge in [0.15, 0.2) is 6.29 Å². The highest BCUT2D eigenvalue weighted by Crippen LogP contribution is 2.56. The Bertz CT molecular complexity index is 332. The van der Waals surface area contributed by atoms with Crippen molar-refractivity contribution in [2.45, 2.75) is 97.8 Å². The highest BCUT2D eigenvalue weighted by atomic mass is 16.6. The summed E-state index contributed by atoms with van der Waals surface area (Å²) in [7, 11) is 1.57. The van der Waals surface area contributed by atoms with Crippen LogP contribution < -0.4 is 0 Å². The van der Waals surface area contributed by atoms with Crippen molar-refractivity contribution < 1.29 is 9.84 Å². The Hall–Kier alpha value is -0.120. The van der Waals surface area contributed by atoms with E-state index >= 15 is 0 Å². The summed E-state index contributed by atoms with van der Waals surface area (Å²) in [6.07, 6.45) is 9.18. The van der Waals surface area contributed by atoms with Crippen LogP contribution in [0.3, 0.4) is 0 Å². The number of ether oxygens (including phenoxy) is 1. The first kappa shape index (κ1) is 21.9. The van der Waals surface area contributed by atoms with Crippen LogP contribution in [0.4, 0.5) is 0 Å². The third-order valence-electron chi connectivity index (χ3n) is 6.08. The summed E-state index contributed by atoms with van der Waals surface area (Å²) >= 11 is 0. The second-order valence-electron chi connectivity index (χ2n) is 8.49. The molecule has 0 saturated heterocycles. The molecule has 0 aromatic heterocycles. The van der Waals surface area contributed by atoms with Crippen LogP contribution >= 0.6 is 0 Å². The molecule has 144 valence electrons. The molecule has 0 amide bonds. The van der Waals surface area contributed by atoms with Crippen molar-refractivity contribution in [3.63, 3.8) is 0 Å². The van der Waals surface area contributed by atoms with Gasteiger partial charge in [0.1, 0.15) is 0 Å². The van der Waals surface area contributed by atoms with Crippen LogP contribution in [0.5, 0.6) is 0 Å². The van der Waals surface area contributed by atoms with Crippen molar-refractivity contribution in [3.8, 4) is 0 Å². The van der Waals surface area contributed by atoms with Gasteiger partial charge in [-0.1, -0.05) is 53.9 Å². The zero-order chi connectivity index (χ0) is 18.2. The fourth-order valence-corrected chi connectivity index (χ4v) is 4.44. The van der Waals surface area contributed by atoms with Gasteiger partial charge in [-0.2, -0.15) is 0 Å². The zero-order valence-electron chi connectivity index (χ0n) is 17.2. The van der Waals surface area contributed by atoms with E-state index in [1.165, 1.54) is 51.6 Å². The lowest BCUT2D eigenvalue weighted by Crippen LogP contribution is -2.43. The van der Waals surface area contributed by atoms with Crippen molar-refractivity contribution in [1.82, 2.24) is 4.90 Å². The molecule has 1 N–H and O–H groups in total. The first-order chi connectivity index (χ1) is 11.4. The average molecular weight is 342 g/mol. The van der Waals surface area contributed by atoms with Crippen molar-refractivity contribution in [2.24, 2.45) is 17.8 Å². The van der Waals surface area contributed by atoms with E-state index in [0.29, 0.717) is 5.54 Å². The molecule has 1 saturated carbocycles. The summed E-state index contributed by atoms with van der Waals surface area (Å²) in [5, 5.41) is 9.40. The largest absolute Gasteiger partial charge is 0.368 e. The van der Waals surface area contributed by atoms with Crippen LogP contribution in [0, 0.1) is 17.8 Å². The van der Waals surface area contributed by atoms with Gasteiger partial charge in [-0.25, -0.2) is 0 Å². The number of methoxy groups -OCH3 is 1. The molecule has 0 spiro atoms. The number of aliphatic hydroxyl groups excluding tert-OH is 1. The lowest BCUT2D eigenvalue weighted by molar-refractivity contribution is -0.0793. The van der Waals surface area contributed by atoms with Crippen molar-refractivity contribution in [3.05, 3.63) is 0 Å². The average Bonchev–Trinajstić information content (AvgIpc) is 3.27. The lowest BCUT2D eigenvalue weighted by atomic mass is 9.93. The molecule has 0 aromatic rings. The van der Waals surface area contributed by atoms with Gasteiger partial charge in [0.05, 0.1) is 0 Å². The molecular weight excluding hydrogens is 298 g/mol. The van der Waals surface area contributed by atoms with Gasteiger partial charge in [-0.15, -0.1) is 0 Å². The predicted octanol–water partition coefficient (Wildman–Crippen LogP) is 5.07. The van der Waals surface area contributed by atoms with Crippen LogP contribution in [0.1, 0.15) is 86.0 Å². The van der Waals surface area contributed by atoms with E-state index in [1.54, 1.807) is 7.11 Å². The fourth-order valence-electron chi connectivity index (χ4n) is 4.44. The molecule has 0 unspecified atom stereocenters. The predicted molar refractivity (Wildman–Crippen MR) is 103 cm³/mol. The van der Waals surface area contributed by atoms with Crippen molar-refractivity contribution >= 4 is 0 Å². The molecule has 3 atom stereocenters. The van der Waals surface area contributed by atoms with E-state index in [-0.39, 0.29) is 0 Å². The van der Waals surface area contributed by atoms with E-state index < -0.39 is 6.29 Å². The van der Waals surface area contributed by atoms with Gasteiger partial charge in [-0.3, -0.25) is 4.90 Å². The van der Waals surface area contributed by atoms with Gasteiger partial charge in [0.25, 0.3) is 0 Å². The minimum Gasteiger partial charge on any atom is -0.368 e. The van der Waals surface area contributed by atoms with E-state index in [1.807, 2.05) is 0 Å². The molecule has 1 aliphatic carbocycles. The maximum atomic E-state index is 9.40. The molecule has 1 aliphatic rings. The first-order valence-corrected chi connectivity index (χ1v) is 10.3. The normalized spacial score (nSPS) is 25.0. The molecule has 1 fully saturated rings. The van der Waals surface area contributed by atoms with E-state index in [2.05, 4.69) is 39.5 Å². The van der Waals surface area contributed by atoms with Crippen LogP contribution in [-0.2, 0) is 4.74 Å². The minimum atomic E-state index is -0.575. The van der Waals surface area contributed by atoms with Crippen molar-refractivity contribution in [2.75, 3.05) is 20.2 Å². The van der Waals surface area contributed by atoms with Crippen LogP contribution in [0.2, 0.25) is 0 Å². The maximum Gasteiger partial charge on any atom is 0.154 e. The van der Waals surface area contributed by atoms with Crippen molar-refractivity contribution in [1.29, 1.82) is 0 Å². The molecule has 0 aliphatic heterocycles. The number of unbranched alkanes of at least 4 members (excludes halogenated alkanes) is 3. The Kier molecular flexibility index (Phi) is 9.84. The van der Waals surface area contributed by atoms with Crippen LogP contribution in [0.15, 0.2) is 0 Å². The summed E-state index contributed by atoms with van der Waals surface area (Å²) < 4.78 is 4.89. The molecule has 0 aromatic carbocycles. The topological polar surface area (TPSA) is 32.7 Å². The van der Waals surface area contributed by atoms with E-state index in [9.17, 15) is 5.11 Å². The molecule has 24 heavy (non-hydrogen) atoms. The second kappa shape index (κ2) is 10.8. The molecule has 0 heterocycles. The van der Waals surface area contributed by atoms with E-state index in [4.69, 9.17) is 4.74 Å². The molecular formula is C21H43NO2. The summed E-state index contributed by atoms with van der Waals surface area (Å²) in [6.45, 7) is 14.3. The number of hydrogen-bond donors (Lipinski definition) is 1. The Morgan fingerprint density at radius 1 is 1.08 bits per heavy atom. The number of nitrogens with zero attached hydrogens (tertiary/aromatic N) is 1. The number of rotatable bonds is 14. The number of hydrogen-bond acceptors (Lipinski definition) is 3. The Morgan fingerprint density at radius 2 is 1.75 bits per heavy atom. The second-order valence-corrected chi connectivity index (χ2v) is 8.49. The van der Waals surface area contributed by atoms with Gasteiger partial charge in [-0.05, 0) is 62.9 Å². The van der Waals surface area contributed by atoms with Crippen LogP contribution in [-0.4, -0.2) is 42.0 Å². The Labute approximate surface area is 151 Å². The summed E-state index contributed by atoms with van der Waals surface area (Å²) in [5.41, 5.74) is 0.482. The third kappa shape index (κ3) is 6.31. The first-order valence-electron chi connectivity index (χ1n) is 10.3. The maximum absolute atomic E-state index is 9.40. The highest BCUT2D eigenvalue weighted by molar-refractivity contribution is 5.12. The molecule has 3 heteroatoms.